The molecule has 1 atom stereocenters. The van der Waals surface area contributed by atoms with Crippen LogP contribution in [0.4, 0.5) is 0 Å². The number of rotatable bonds is 3. The third-order valence-electron chi connectivity index (χ3n) is 4.86. The Bertz CT molecular complexity index is 573. The van der Waals surface area contributed by atoms with E-state index in [9.17, 15) is 0 Å². The third-order valence-corrected chi connectivity index (χ3v) is 4.86. The molecule has 2 aliphatic rings. The largest absolute Gasteiger partial charge is 0.493 e. The summed E-state index contributed by atoms with van der Waals surface area (Å²) in [5.41, 5.74) is 1.70. The summed E-state index contributed by atoms with van der Waals surface area (Å²) in [6.45, 7) is 11.5. The molecule has 0 aromatic heterocycles. The lowest BCUT2D eigenvalue weighted by atomic mass is 9.93. The van der Waals surface area contributed by atoms with Gasteiger partial charge in [-0.15, -0.1) is 24.0 Å². The second-order valence-electron chi connectivity index (χ2n) is 7.40. The molecular weight excluding hydrogens is 413 g/mol. The summed E-state index contributed by atoms with van der Waals surface area (Å²) in [5, 5.41) is 3.47. The minimum Gasteiger partial charge on any atom is -0.493 e. The molecule has 3 rings (SSSR count). The van der Waals surface area contributed by atoms with Crippen molar-refractivity contribution in [2.24, 2.45) is 10.4 Å². The van der Waals surface area contributed by atoms with Gasteiger partial charge in [-0.1, -0.05) is 32.0 Å². The van der Waals surface area contributed by atoms with Gasteiger partial charge >= 0.3 is 0 Å². The van der Waals surface area contributed by atoms with Crippen molar-refractivity contribution >= 4 is 29.9 Å². The third kappa shape index (κ3) is 4.55. The first kappa shape index (κ1) is 19.3. The van der Waals surface area contributed by atoms with Crippen molar-refractivity contribution in [1.29, 1.82) is 0 Å². The van der Waals surface area contributed by atoms with Crippen LogP contribution in [0.25, 0.3) is 0 Å². The number of halogens is 1. The molecule has 1 unspecified atom stereocenters. The quantitative estimate of drug-likeness (QED) is 0.438. The number of likely N-dealkylation sites (tertiary alicyclic amines) is 1. The van der Waals surface area contributed by atoms with E-state index < -0.39 is 0 Å². The van der Waals surface area contributed by atoms with Crippen molar-refractivity contribution in [2.75, 3.05) is 32.8 Å². The predicted octanol–water partition coefficient (Wildman–Crippen LogP) is 3.87. The lowest BCUT2D eigenvalue weighted by Gasteiger charge is -2.27. The molecule has 0 bridgehead atoms. The molecule has 4 nitrogen and oxygen atoms in total. The summed E-state index contributed by atoms with van der Waals surface area (Å²) in [6.07, 6.45) is 2.28. The number of aliphatic imine (C=N–C) groups is 1. The molecule has 0 saturated carbocycles. The van der Waals surface area contributed by atoms with Gasteiger partial charge in [-0.2, -0.15) is 0 Å². The fourth-order valence-electron chi connectivity index (χ4n) is 3.52. The normalized spacial score (nSPS) is 22.4. The highest BCUT2D eigenvalue weighted by Crippen LogP contribution is 2.34. The molecule has 0 aliphatic carbocycles. The number of guanidine groups is 1. The first-order valence-electron chi connectivity index (χ1n) is 8.84. The highest BCUT2D eigenvalue weighted by atomic mass is 127. The van der Waals surface area contributed by atoms with Crippen LogP contribution >= 0.6 is 24.0 Å². The van der Waals surface area contributed by atoms with E-state index in [-0.39, 0.29) is 24.0 Å². The molecule has 24 heavy (non-hydrogen) atoms. The Balaban J connectivity index is 0.00000208. The molecule has 1 N–H and O–H groups in total. The van der Waals surface area contributed by atoms with Gasteiger partial charge in [-0.25, -0.2) is 0 Å². The molecule has 2 heterocycles. The highest BCUT2D eigenvalue weighted by molar-refractivity contribution is 14.0. The van der Waals surface area contributed by atoms with Gasteiger partial charge in [0.25, 0.3) is 0 Å². The Kier molecular flexibility index (Phi) is 6.78. The summed E-state index contributed by atoms with van der Waals surface area (Å²) in [7, 11) is 0. The smallest absolute Gasteiger partial charge is 0.193 e. The van der Waals surface area contributed by atoms with Crippen molar-refractivity contribution in [2.45, 2.75) is 39.5 Å². The van der Waals surface area contributed by atoms with E-state index in [0.29, 0.717) is 11.3 Å². The summed E-state index contributed by atoms with van der Waals surface area (Å²) in [5.74, 6) is 2.57. The van der Waals surface area contributed by atoms with Gasteiger partial charge in [0.2, 0.25) is 0 Å². The molecular formula is C19H30IN3O. The number of nitrogens with one attached hydrogen (secondary N) is 1. The standard InChI is InChI=1S/C19H29N3O.HI/c1-4-20-18(22-11-10-19(2,3)14-22)21-13-15-9-12-23-17-8-6-5-7-16(15)17;/h5-8,15H,4,9-14H2,1-3H3,(H,20,21);1H. The number of hydrogen-bond donors (Lipinski definition) is 1. The Labute approximate surface area is 163 Å². The van der Waals surface area contributed by atoms with E-state index in [2.05, 4.69) is 49.2 Å². The van der Waals surface area contributed by atoms with Gasteiger partial charge in [0.05, 0.1) is 6.61 Å². The number of para-hydroxylation sites is 1. The molecule has 1 saturated heterocycles. The second-order valence-corrected chi connectivity index (χ2v) is 7.40. The van der Waals surface area contributed by atoms with E-state index in [0.717, 1.165) is 50.9 Å². The number of benzene rings is 1. The minimum atomic E-state index is 0. The van der Waals surface area contributed by atoms with Crippen molar-refractivity contribution in [3.63, 3.8) is 0 Å². The number of ether oxygens (including phenoxy) is 1. The van der Waals surface area contributed by atoms with E-state index in [4.69, 9.17) is 9.73 Å². The van der Waals surface area contributed by atoms with Gasteiger partial charge in [0.15, 0.2) is 5.96 Å². The Morgan fingerprint density at radius 1 is 1.38 bits per heavy atom. The minimum absolute atomic E-state index is 0. The Morgan fingerprint density at radius 3 is 2.88 bits per heavy atom. The molecule has 5 heteroatoms. The summed E-state index contributed by atoms with van der Waals surface area (Å²) in [4.78, 5) is 7.37. The average molecular weight is 443 g/mol. The first-order chi connectivity index (χ1) is 11.1. The molecule has 0 radical (unpaired) electrons. The van der Waals surface area contributed by atoms with E-state index >= 15 is 0 Å². The molecule has 2 aliphatic heterocycles. The maximum absolute atomic E-state index is 5.76. The number of nitrogens with zero attached hydrogens (tertiary/aromatic N) is 2. The van der Waals surface area contributed by atoms with Gasteiger partial charge < -0.3 is 15.0 Å². The fraction of sp³-hybridized carbons (Fsp3) is 0.632. The van der Waals surface area contributed by atoms with E-state index in [1.807, 2.05) is 6.07 Å². The summed E-state index contributed by atoms with van der Waals surface area (Å²) in [6, 6.07) is 8.39. The molecule has 134 valence electrons. The monoisotopic (exact) mass is 443 g/mol. The predicted molar refractivity (Wildman–Crippen MR) is 111 cm³/mol. The van der Waals surface area contributed by atoms with E-state index in [1.54, 1.807) is 0 Å². The number of hydrogen-bond acceptors (Lipinski definition) is 2. The van der Waals surface area contributed by atoms with Gasteiger partial charge in [0.1, 0.15) is 5.75 Å². The maximum Gasteiger partial charge on any atom is 0.193 e. The van der Waals surface area contributed by atoms with Crippen LogP contribution in [0.15, 0.2) is 29.3 Å². The average Bonchev–Trinajstić information content (AvgIpc) is 2.91. The zero-order valence-electron chi connectivity index (χ0n) is 15.0. The van der Waals surface area contributed by atoms with Crippen molar-refractivity contribution < 1.29 is 4.74 Å². The molecule has 1 aromatic carbocycles. The molecule has 1 aromatic rings. The topological polar surface area (TPSA) is 36.9 Å². The van der Waals surface area contributed by atoms with E-state index in [1.165, 1.54) is 12.0 Å². The van der Waals surface area contributed by atoms with Crippen LogP contribution in [0.1, 0.15) is 45.1 Å². The van der Waals surface area contributed by atoms with Crippen molar-refractivity contribution in [1.82, 2.24) is 10.2 Å². The molecule has 0 amide bonds. The van der Waals surface area contributed by atoms with Gasteiger partial charge in [-0.3, -0.25) is 4.99 Å². The van der Waals surface area contributed by atoms with Crippen molar-refractivity contribution in [3.8, 4) is 5.75 Å². The van der Waals surface area contributed by atoms with Crippen LogP contribution in [0.5, 0.6) is 5.75 Å². The number of fused-ring (bicyclic) bond motifs is 1. The van der Waals surface area contributed by atoms with Crippen LogP contribution in [-0.4, -0.2) is 43.6 Å². The summed E-state index contributed by atoms with van der Waals surface area (Å²) < 4.78 is 5.76. The van der Waals surface area contributed by atoms with Gasteiger partial charge in [0, 0.05) is 32.1 Å². The highest BCUT2D eigenvalue weighted by Gasteiger charge is 2.31. The van der Waals surface area contributed by atoms with Crippen LogP contribution < -0.4 is 10.1 Å². The van der Waals surface area contributed by atoms with Crippen molar-refractivity contribution in [3.05, 3.63) is 29.8 Å². The van der Waals surface area contributed by atoms with Gasteiger partial charge in [-0.05, 0) is 36.8 Å². The Hall–Kier alpha value is -0.980. The zero-order chi connectivity index (χ0) is 16.3. The maximum atomic E-state index is 5.76. The Morgan fingerprint density at radius 2 is 2.17 bits per heavy atom. The lowest BCUT2D eigenvalue weighted by Crippen LogP contribution is -2.41. The fourth-order valence-corrected chi connectivity index (χ4v) is 3.52. The SMILES string of the molecule is CCNC(=NCC1CCOc2ccccc21)N1CCC(C)(C)C1.I. The van der Waals surface area contributed by atoms with Crippen LogP contribution in [0, 0.1) is 5.41 Å². The summed E-state index contributed by atoms with van der Waals surface area (Å²) >= 11 is 0. The van der Waals surface area contributed by atoms with Crippen LogP contribution in [-0.2, 0) is 0 Å². The lowest BCUT2D eigenvalue weighted by molar-refractivity contribution is 0.268. The zero-order valence-corrected chi connectivity index (χ0v) is 17.4. The molecule has 1 fully saturated rings. The second kappa shape index (κ2) is 8.41. The first-order valence-corrected chi connectivity index (χ1v) is 8.84. The molecule has 0 spiro atoms. The van der Waals surface area contributed by atoms with Crippen LogP contribution in [0.2, 0.25) is 0 Å². The van der Waals surface area contributed by atoms with Crippen LogP contribution in [0.3, 0.4) is 0 Å².